The van der Waals surface area contributed by atoms with Gasteiger partial charge in [0.15, 0.2) is 20.7 Å². The number of rotatable bonds is 6. The van der Waals surface area contributed by atoms with E-state index in [4.69, 9.17) is 4.74 Å². The van der Waals surface area contributed by atoms with Gasteiger partial charge in [0.05, 0.1) is 28.7 Å². The van der Waals surface area contributed by atoms with Gasteiger partial charge in [-0.2, -0.15) is 13.2 Å². The number of pyridine rings is 2. The largest absolute Gasteiger partial charge is 0.418 e. The molecule has 0 bridgehead atoms. The topological polar surface area (TPSA) is 107 Å². The summed E-state index contributed by atoms with van der Waals surface area (Å²) in [6, 6.07) is 9.70. The van der Waals surface area contributed by atoms with Gasteiger partial charge in [0.2, 0.25) is 0 Å². The van der Waals surface area contributed by atoms with Gasteiger partial charge < -0.3 is 10.1 Å². The van der Waals surface area contributed by atoms with Gasteiger partial charge in [0, 0.05) is 30.5 Å². The number of hydrogen-bond donors (Lipinski definition) is 1. The summed E-state index contributed by atoms with van der Waals surface area (Å²) in [5.74, 6) is 0.655. The van der Waals surface area contributed by atoms with E-state index in [0.29, 0.717) is 28.2 Å². The Hall–Kier alpha value is -3.64. The Kier molecular flexibility index (Phi) is 6.19. The molecule has 3 aromatic heterocycles. The Balaban J connectivity index is 1.80. The second kappa shape index (κ2) is 8.95. The molecule has 0 aliphatic rings. The van der Waals surface area contributed by atoms with E-state index in [1.807, 2.05) is 0 Å². The molecule has 0 spiro atoms. The molecule has 4 rings (SSSR count). The van der Waals surface area contributed by atoms with Crippen LogP contribution in [0.4, 0.5) is 24.7 Å². The van der Waals surface area contributed by atoms with E-state index >= 15 is 0 Å². The van der Waals surface area contributed by atoms with E-state index in [-0.39, 0.29) is 22.9 Å². The summed E-state index contributed by atoms with van der Waals surface area (Å²) in [7, 11) is -1.99. The number of sulfone groups is 1. The summed E-state index contributed by atoms with van der Waals surface area (Å²) in [6.07, 6.45) is -0.868. The van der Waals surface area contributed by atoms with Gasteiger partial charge >= 0.3 is 6.18 Å². The van der Waals surface area contributed by atoms with Crippen molar-refractivity contribution < 1.29 is 26.3 Å². The van der Waals surface area contributed by atoms with Gasteiger partial charge in [-0.3, -0.25) is 4.98 Å². The predicted molar refractivity (Wildman–Crippen MR) is 119 cm³/mol. The van der Waals surface area contributed by atoms with E-state index in [0.717, 1.165) is 12.3 Å². The Labute approximate surface area is 192 Å². The number of halogens is 3. The number of alkyl halides is 3. The van der Waals surface area contributed by atoms with Crippen LogP contribution < -0.4 is 5.32 Å². The Morgan fingerprint density at radius 2 is 1.85 bits per heavy atom. The fraction of sp³-hybridized carbons (Fsp3) is 0.182. The van der Waals surface area contributed by atoms with Crippen molar-refractivity contribution in [3.05, 3.63) is 66.2 Å². The second-order valence-electron chi connectivity index (χ2n) is 7.33. The molecule has 0 saturated carbocycles. The average molecular weight is 489 g/mol. The highest BCUT2D eigenvalue weighted by molar-refractivity contribution is 7.90. The fourth-order valence-corrected chi connectivity index (χ4v) is 3.85. The molecule has 0 fully saturated rings. The van der Waals surface area contributed by atoms with Crippen molar-refractivity contribution in [3.63, 3.8) is 0 Å². The van der Waals surface area contributed by atoms with Gasteiger partial charge in [-0.25, -0.2) is 23.4 Å². The Bertz CT molecular complexity index is 1460. The lowest BCUT2D eigenvalue weighted by Gasteiger charge is -2.14. The van der Waals surface area contributed by atoms with E-state index in [1.54, 1.807) is 6.07 Å². The number of nitrogens with zero attached hydrogens (tertiary/aromatic N) is 4. The van der Waals surface area contributed by atoms with Crippen molar-refractivity contribution in [2.45, 2.75) is 17.8 Å². The SMILES string of the molecule is COCc1nc(Nc2ccc(S(C)(=O)=O)nc2)c2ccc(-c3ncccc3C(F)(F)F)cc2n1. The molecule has 0 atom stereocenters. The van der Waals surface area contributed by atoms with Gasteiger partial charge in [-0.05, 0) is 36.4 Å². The van der Waals surface area contributed by atoms with Crippen LogP contribution >= 0.6 is 0 Å². The van der Waals surface area contributed by atoms with Crippen LogP contribution in [0.25, 0.3) is 22.2 Å². The molecular weight excluding hydrogens is 471 g/mol. The summed E-state index contributed by atoms with van der Waals surface area (Å²) in [5.41, 5.74) is 0.0212. The first-order valence-electron chi connectivity index (χ1n) is 9.81. The molecule has 1 N–H and O–H groups in total. The number of benzene rings is 1. The molecular formula is C22H18F3N5O3S. The van der Waals surface area contributed by atoms with E-state index in [2.05, 4.69) is 25.3 Å². The third kappa shape index (κ3) is 4.97. The number of fused-ring (bicyclic) bond motifs is 1. The number of aromatic nitrogens is 4. The maximum Gasteiger partial charge on any atom is 0.418 e. The van der Waals surface area contributed by atoms with Crippen molar-refractivity contribution in [2.75, 3.05) is 18.7 Å². The van der Waals surface area contributed by atoms with Gasteiger partial charge in [-0.15, -0.1) is 0 Å². The molecule has 12 heteroatoms. The monoisotopic (exact) mass is 489 g/mol. The zero-order chi connectivity index (χ0) is 24.5. The lowest BCUT2D eigenvalue weighted by molar-refractivity contribution is -0.137. The quantitative estimate of drug-likeness (QED) is 0.425. The normalized spacial score (nSPS) is 12.1. The first-order valence-corrected chi connectivity index (χ1v) is 11.7. The molecule has 4 aromatic rings. The van der Waals surface area contributed by atoms with Crippen LogP contribution in [-0.2, 0) is 27.4 Å². The van der Waals surface area contributed by atoms with Crippen molar-refractivity contribution in [1.82, 2.24) is 19.9 Å². The minimum absolute atomic E-state index is 0.0670. The average Bonchev–Trinajstić information content (AvgIpc) is 2.78. The third-order valence-corrected chi connectivity index (χ3v) is 5.78. The van der Waals surface area contributed by atoms with Crippen LogP contribution in [-0.4, -0.2) is 41.7 Å². The summed E-state index contributed by atoms with van der Waals surface area (Å²) >= 11 is 0. The van der Waals surface area contributed by atoms with Gasteiger partial charge in [0.1, 0.15) is 12.4 Å². The first kappa shape index (κ1) is 23.5. The van der Waals surface area contributed by atoms with Crippen LogP contribution in [0.3, 0.4) is 0 Å². The van der Waals surface area contributed by atoms with Crippen molar-refractivity contribution in [1.29, 1.82) is 0 Å². The standard InChI is InChI=1S/C22H18F3N5O3S/c1-33-12-18-29-17-10-13(20-16(22(23,24)25)4-3-9-26-20)5-7-15(17)21(30-18)28-14-6-8-19(27-11-14)34(2,31)32/h3-11H,12H2,1-2H3,(H,28,29,30). The number of ether oxygens (including phenoxy) is 1. The highest BCUT2D eigenvalue weighted by Gasteiger charge is 2.34. The van der Waals surface area contributed by atoms with Crippen LogP contribution in [0.5, 0.6) is 0 Å². The summed E-state index contributed by atoms with van der Waals surface area (Å²) in [6.45, 7) is 0.0670. The molecule has 3 heterocycles. The predicted octanol–water partition coefficient (Wildman–Crippen LogP) is 4.40. The molecule has 8 nitrogen and oxygen atoms in total. The number of methoxy groups -OCH3 is 1. The number of nitrogens with one attached hydrogen (secondary N) is 1. The van der Waals surface area contributed by atoms with Crippen molar-refractivity contribution in [3.8, 4) is 11.3 Å². The highest BCUT2D eigenvalue weighted by atomic mass is 32.2. The van der Waals surface area contributed by atoms with Gasteiger partial charge in [-0.1, -0.05) is 6.07 Å². The van der Waals surface area contributed by atoms with Crippen LogP contribution in [0.2, 0.25) is 0 Å². The van der Waals surface area contributed by atoms with E-state index in [9.17, 15) is 21.6 Å². The smallest absolute Gasteiger partial charge is 0.377 e. The second-order valence-corrected chi connectivity index (χ2v) is 9.30. The molecule has 0 aliphatic heterocycles. The zero-order valence-electron chi connectivity index (χ0n) is 18.0. The molecule has 0 saturated heterocycles. The fourth-order valence-electron chi connectivity index (χ4n) is 3.29. The first-order chi connectivity index (χ1) is 16.1. The van der Waals surface area contributed by atoms with Crippen molar-refractivity contribution >= 4 is 32.2 Å². The number of hydrogen-bond acceptors (Lipinski definition) is 8. The van der Waals surface area contributed by atoms with Crippen LogP contribution in [0.1, 0.15) is 11.4 Å². The highest BCUT2D eigenvalue weighted by Crippen LogP contribution is 2.37. The molecule has 176 valence electrons. The van der Waals surface area contributed by atoms with E-state index < -0.39 is 21.6 Å². The molecule has 0 aliphatic carbocycles. The summed E-state index contributed by atoms with van der Waals surface area (Å²) in [5, 5.41) is 3.51. The number of anilines is 2. The lowest BCUT2D eigenvalue weighted by Crippen LogP contribution is -2.08. The molecule has 34 heavy (non-hydrogen) atoms. The summed E-state index contributed by atoms with van der Waals surface area (Å²) < 4.78 is 68.8. The zero-order valence-corrected chi connectivity index (χ0v) is 18.8. The Morgan fingerprint density at radius 1 is 1.06 bits per heavy atom. The van der Waals surface area contributed by atoms with Crippen LogP contribution in [0, 0.1) is 0 Å². The molecule has 0 unspecified atom stereocenters. The Morgan fingerprint density at radius 3 is 2.50 bits per heavy atom. The van der Waals surface area contributed by atoms with Crippen LogP contribution in [0.15, 0.2) is 59.9 Å². The van der Waals surface area contributed by atoms with Crippen molar-refractivity contribution in [2.24, 2.45) is 0 Å². The molecule has 0 amide bonds. The minimum Gasteiger partial charge on any atom is -0.377 e. The molecule has 1 aromatic carbocycles. The van der Waals surface area contributed by atoms with Gasteiger partial charge in [0.25, 0.3) is 0 Å². The summed E-state index contributed by atoms with van der Waals surface area (Å²) in [4.78, 5) is 16.7. The molecule has 0 radical (unpaired) electrons. The third-order valence-electron chi connectivity index (χ3n) is 4.78. The van der Waals surface area contributed by atoms with E-state index in [1.165, 1.54) is 49.8 Å². The lowest BCUT2D eigenvalue weighted by atomic mass is 10.0. The maximum atomic E-state index is 13.5. The minimum atomic E-state index is -4.57. The maximum absolute atomic E-state index is 13.5.